The van der Waals surface area contributed by atoms with Gasteiger partial charge in [0.1, 0.15) is 0 Å². The lowest BCUT2D eigenvalue weighted by Gasteiger charge is -2.06. The Kier molecular flexibility index (Phi) is 3.31. The molecule has 96 valence electrons. The molecule has 0 aliphatic carbocycles. The van der Waals surface area contributed by atoms with Crippen molar-refractivity contribution in [3.05, 3.63) is 68.7 Å². The van der Waals surface area contributed by atoms with E-state index in [0.717, 1.165) is 11.1 Å². The highest BCUT2D eigenvalue weighted by Crippen LogP contribution is 2.26. The highest BCUT2D eigenvalue weighted by molar-refractivity contribution is 6.37. The van der Waals surface area contributed by atoms with Crippen molar-refractivity contribution in [2.24, 2.45) is 0 Å². The number of halogens is 2. The number of hydrogen-bond acceptors (Lipinski definition) is 2. The summed E-state index contributed by atoms with van der Waals surface area (Å²) in [5, 5.41) is 0.887. The summed E-state index contributed by atoms with van der Waals surface area (Å²) in [6, 6.07) is 10.5. The monoisotopic (exact) mass is 292 g/mol. The van der Waals surface area contributed by atoms with E-state index in [1.54, 1.807) is 24.3 Å². The van der Waals surface area contributed by atoms with Crippen molar-refractivity contribution in [2.75, 3.05) is 0 Å². The first-order valence-electron chi connectivity index (χ1n) is 5.84. The molecule has 0 N–H and O–H groups in total. The summed E-state index contributed by atoms with van der Waals surface area (Å²) in [4.78, 5) is 12.4. The first-order valence-corrected chi connectivity index (χ1v) is 6.60. The molecule has 2 nitrogen and oxygen atoms in total. The second kappa shape index (κ2) is 4.97. The van der Waals surface area contributed by atoms with Crippen LogP contribution in [0.1, 0.15) is 27.0 Å². The van der Waals surface area contributed by atoms with E-state index < -0.39 is 0 Å². The fraction of sp³-hybridized carbons (Fsp3) is 0.133. The first-order chi connectivity index (χ1) is 9.15. The van der Waals surface area contributed by atoms with Crippen molar-refractivity contribution in [3.63, 3.8) is 0 Å². The van der Waals surface area contributed by atoms with Crippen molar-refractivity contribution in [1.82, 2.24) is 0 Å². The van der Waals surface area contributed by atoms with E-state index in [1.807, 2.05) is 12.1 Å². The summed E-state index contributed by atoms with van der Waals surface area (Å²) >= 11 is 11.9. The predicted molar refractivity (Wildman–Crippen MR) is 74.8 cm³/mol. The maximum atomic E-state index is 12.4. The van der Waals surface area contributed by atoms with Crippen LogP contribution < -0.4 is 0 Å². The SMILES string of the molecule is O=C(c1ccc2c(c1)COC2)c1ccc(Cl)cc1Cl. The van der Waals surface area contributed by atoms with Crippen LogP contribution in [0.4, 0.5) is 0 Å². The van der Waals surface area contributed by atoms with Gasteiger partial charge in [0.2, 0.25) is 0 Å². The zero-order valence-corrected chi connectivity index (χ0v) is 11.5. The molecule has 0 saturated heterocycles. The van der Waals surface area contributed by atoms with Crippen molar-refractivity contribution in [1.29, 1.82) is 0 Å². The van der Waals surface area contributed by atoms with E-state index in [1.165, 1.54) is 0 Å². The zero-order chi connectivity index (χ0) is 13.4. The molecule has 0 bridgehead atoms. The van der Waals surface area contributed by atoms with Gasteiger partial charge in [0.05, 0.1) is 18.2 Å². The smallest absolute Gasteiger partial charge is 0.194 e. The summed E-state index contributed by atoms with van der Waals surface area (Å²) in [5.41, 5.74) is 3.29. The molecule has 3 rings (SSSR count). The maximum Gasteiger partial charge on any atom is 0.194 e. The molecule has 1 aliphatic heterocycles. The average Bonchev–Trinajstić information content (AvgIpc) is 2.85. The molecule has 2 aromatic rings. The van der Waals surface area contributed by atoms with Gasteiger partial charge in [-0.2, -0.15) is 0 Å². The van der Waals surface area contributed by atoms with E-state index >= 15 is 0 Å². The number of ether oxygens (including phenoxy) is 1. The molecule has 1 aliphatic rings. The van der Waals surface area contributed by atoms with Crippen molar-refractivity contribution in [2.45, 2.75) is 13.2 Å². The van der Waals surface area contributed by atoms with Crippen molar-refractivity contribution >= 4 is 29.0 Å². The van der Waals surface area contributed by atoms with E-state index in [0.29, 0.717) is 34.4 Å². The zero-order valence-electron chi connectivity index (χ0n) is 9.95. The number of fused-ring (bicyclic) bond motifs is 1. The number of carbonyl (C=O) groups excluding carboxylic acids is 1. The third-order valence-electron chi connectivity index (χ3n) is 3.16. The third kappa shape index (κ3) is 2.39. The van der Waals surface area contributed by atoms with Crippen molar-refractivity contribution in [3.8, 4) is 0 Å². The van der Waals surface area contributed by atoms with Crippen LogP contribution in [0.25, 0.3) is 0 Å². The maximum absolute atomic E-state index is 12.4. The molecule has 0 amide bonds. The average molecular weight is 293 g/mol. The van der Waals surface area contributed by atoms with E-state index in [9.17, 15) is 4.79 Å². The highest BCUT2D eigenvalue weighted by atomic mass is 35.5. The van der Waals surface area contributed by atoms with Gasteiger partial charge >= 0.3 is 0 Å². The topological polar surface area (TPSA) is 26.3 Å². The molecule has 0 aromatic heterocycles. The minimum absolute atomic E-state index is 0.101. The van der Waals surface area contributed by atoms with Gasteiger partial charge in [-0.05, 0) is 35.4 Å². The fourth-order valence-electron chi connectivity index (χ4n) is 2.14. The van der Waals surface area contributed by atoms with Crippen molar-refractivity contribution < 1.29 is 9.53 Å². The lowest BCUT2D eigenvalue weighted by atomic mass is 9.99. The second-order valence-electron chi connectivity index (χ2n) is 4.43. The molecule has 19 heavy (non-hydrogen) atoms. The second-order valence-corrected chi connectivity index (χ2v) is 5.27. The number of benzene rings is 2. The molecule has 2 aromatic carbocycles. The number of hydrogen-bond donors (Lipinski definition) is 0. The molecule has 0 fully saturated rings. The Hall–Kier alpha value is -1.35. The van der Waals surface area contributed by atoms with Gasteiger partial charge in [-0.15, -0.1) is 0 Å². The Labute approximate surface area is 120 Å². The highest BCUT2D eigenvalue weighted by Gasteiger charge is 2.17. The summed E-state index contributed by atoms with van der Waals surface area (Å²) < 4.78 is 5.34. The van der Waals surface area contributed by atoms with Gasteiger partial charge in [0.15, 0.2) is 5.78 Å². The molecule has 0 spiro atoms. The number of carbonyl (C=O) groups is 1. The fourth-order valence-corrected chi connectivity index (χ4v) is 2.64. The number of ketones is 1. The van der Waals surface area contributed by atoms with E-state index in [4.69, 9.17) is 27.9 Å². The third-order valence-corrected chi connectivity index (χ3v) is 3.71. The van der Waals surface area contributed by atoms with Gasteiger partial charge in [0.25, 0.3) is 0 Å². The Balaban J connectivity index is 2.00. The van der Waals surface area contributed by atoms with Crippen LogP contribution >= 0.6 is 23.2 Å². The van der Waals surface area contributed by atoms with Gasteiger partial charge in [0, 0.05) is 16.1 Å². The van der Waals surface area contributed by atoms with Crippen LogP contribution in [0.3, 0.4) is 0 Å². The predicted octanol–water partition coefficient (Wildman–Crippen LogP) is 4.25. The largest absolute Gasteiger partial charge is 0.372 e. The van der Waals surface area contributed by atoms with Crippen LogP contribution in [0.15, 0.2) is 36.4 Å². The molecular weight excluding hydrogens is 283 g/mol. The first kappa shape index (κ1) is 12.7. The molecule has 1 heterocycles. The molecule has 0 atom stereocenters. The van der Waals surface area contributed by atoms with Crippen LogP contribution in [-0.4, -0.2) is 5.78 Å². The molecular formula is C15H10Cl2O2. The minimum atomic E-state index is -0.101. The minimum Gasteiger partial charge on any atom is -0.372 e. The van der Waals surface area contributed by atoms with Crippen LogP contribution in [0.5, 0.6) is 0 Å². The molecule has 0 unspecified atom stereocenters. The summed E-state index contributed by atoms with van der Waals surface area (Å²) in [6.07, 6.45) is 0. The van der Waals surface area contributed by atoms with Gasteiger partial charge in [-0.25, -0.2) is 0 Å². The Morgan fingerprint density at radius 3 is 2.58 bits per heavy atom. The Morgan fingerprint density at radius 2 is 1.79 bits per heavy atom. The normalized spacial score (nSPS) is 13.4. The Morgan fingerprint density at radius 1 is 1.00 bits per heavy atom. The summed E-state index contributed by atoms with van der Waals surface area (Å²) in [5.74, 6) is -0.101. The van der Waals surface area contributed by atoms with E-state index in [-0.39, 0.29) is 5.78 Å². The molecule has 0 radical (unpaired) electrons. The lowest BCUT2D eigenvalue weighted by molar-refractivity contribution is 0.103. The number of rotatable bonds is 2. The van der Waals surface area contributed by atoms with E-state index in [2.05, 4.69) is 0 Å². The Bertz CT molecular complexity index is 665. The standard InChI is InChI=1S/C15H10Cl2O2/c16-12-3-4-13(14(17)6-12)15(18)9-1-2-10-7-19-8-11(10)5-9/h1-6H,7-8H2. The van der Waals surface area contributed by atoms with Crippen LogP contribution in [0, 0.1) is 0 Å². The quantitative estimate of drug-likeness (QED) is 0.773. The summed E-state index contributed by atoms with van der Waals surface area (Å²) in [7, 11) is 0. The lowest BCUT2D eigenvalue weighted by Crippen LogP contribution is -2.03. The van der Waals surface area contributed by atoms with Crippen LogP contribution in [0.2, 0.25) is 10.0 Å². The molecule has 4 heteroatoms. The van der Waals surface area contributed by atoms with Gasteiger partial charge in [-0.3, -0.25) is 4.79 Å². The molecule has 0 saturated carbocycles. The summed E-state index contributed by atoms with van der Waals surface area (Å²) in [6.45, 7) is 1.18. The van der Waals surface area contributed by atoms with Gasteiger partial charge < -0.3 is 4.74 Å². The van der Waals surface area contributed by atoms with Crippen LogP contribution in [-0.2, 0) is 18.0 Å². The van der Waals surface area contributed by atoms with Gasteiger partial charge in [-0.1, -0.05) is 35.3 Å².